The van der Waals surface area contributed by atoms with Gasteiger partial charge in [0.25, 0.3) is 5.91 Å². The summed E-state index contributed by atoms with van der Waals surface area (Å²) in [4.78, 5) is 15.0. The molecular formula is C18H27N3O3S. The average molecular weight is 365 g/mol. The molecule has 0 radical (unpaired) electrons. The van der Waals surface area contributed by atoms with Crippen molar-refractivity contribution in [1.82, 2.24) is 14.5 Å². The van der Waals surface area contributed by atoms with Crippen molar-refractivity contribution in [3.63, 3.8) is 0 Å². The van der Waals surface area contributed by atoms with Gasteiger partial charge in [0.05, 0.1) is 4.90 Å². The highest BCUT2D eigenvalue weighted by Gasteiger charge is 2.29. The van der Waals surface area contributed by atoms with Crippen LogP contribution >= 0.6 is 0 Å². The summed E-state index contributed by atoms with van der Waals surface area (Å²) in [6.45, 7) is 7.09. The lowest BCUT2D eigenvalue weighted by atomic mass is 10.1. The molecule has 25 heavy (non-hydrogen) atoms. The van der Waals surface area contributed by atoms with Crippen molar-refractivity contribution in [2.45, 2.75) is 44.0 Å². The van der Waals surface area contributed by atoms with E-state index in [4.69, 9.17) is 0 Å². The molecule has 2 saturated heterocycles. The number of carbonyl (C=O) groups is 1. The number of sulfonamides is 1. The van der Waals surface area contributed by atoms with Gasteiger partial charge in [-0.3, -0.25) is 4.79 Å². The SMILES string of the molecule is Cc1ccc(C(=O)N2CCNC[C@@H]2C)cc1S(=O)(=O)N1CCCCC1. The Bertz CT molecular complexity index is 742. The van der Waals surface area contributed by atoms with Crippen molar-refractivity contribution in [2.24, 2.45) is 0 Å². The van der Waals surface area contributed by atoms with Crippen LogP contribution in [0.4, 0.5) is 0 Å². The molecule has 138 valence electrons. The van der Waals surface area contributed by atoms with Gasteiger partial charge in [-0.15, -0.1) is 0 Å². The number of rotatable bonds is 3. The van der Waals surface area contributed by atoms with E-state index in [1.165, 1.54) is 0 Å². The lowest BCUT2D eigenvalue weighted by molar-refractivity contribution is 0.0655. The molecule has 2 fully saturated rings. The van der Waals surface area contributed by atoms with Crippen LogP contribution in [0.15, 0.2) is 23.1 Å². The summed E-state index contributed by atoms with van der Waals surface area (Å²) >= 11 is 0. The predicted molar refractivity (Wildman–Crippen MR) is 97.2 cm³/mol. The molecule has 0 aromatic heterocycles. The van der Waals surface area contributed by atoms with Crippen molar-refractivity contribution in [2.75, 3.05) is 32.7 Å². The molecule has 7 heteroatoms. The summed E-state index contributed by atoms with van der Waals surface area (Å²) < 4.78 is 27.6. The number of piperazine rings is 1. The van der Waals surface area contributed by atoms with Crippen molar-refractivity contribution in [3.8, 4) is 0 Å². The molecule has 0 aliphatic carbocycles. The maximum atomic E-state index is 13.0. The number of hydrogen-bond acceptors (Lipinski definition) is 4. The van der Waals surface area contributed by atoms with Crippen molar-refractivity contribution >= 4 is 15.9 Å². The number of nitrogens with one attached hydrogen (secondary N) is 1. The summed E-state index contributed by atoms with van der Waals surface area (Å²) in [5.74, 6) is -0.0934. The molecule has 2 heterocycles. The second kappa shape index (κ2) is 7.43. The van der Waals surface area contributed by atoms with Gasteiger partial charge in [-0.1, -0.05) is 12.5 Å². The first-order valence-electron chi connectivity index (χ1n) is 9.04. The molecule has 0 bridgehead atoms. The molecule has 3 rings (SSSR count). The third-order valence-electron chi connectivity index (χ3n) is 5.13. The van der Waals surface area contributed by atoms with Gasteiger partial charge in [-0.2, -0.15) is 4.31 Å². The Kier molecular flexibility index (Phi) is 5.46. The number of carbonyl (C=O) groups excluding carboxylic acids is 1. The smallest absolute Gasteiger partial charge is 0.254 e. The molecule has 1 amide bonds. The first-order valence-corrected chi connectivity index (χ1v) is 10.5. The Morgan fingerprint density at radius 1 is 1.16 bits per heavy atom. The van der Waals surface area contributed by atoms with Gasteiger partial charge < -0.3 is 10.2 Å². The van der Waals surface area contributed by atoms with Gasteiger partial charge in [0.2, 0.25) is 10.0 Å². The normalized spacial score (nSPS) is 22.8. The van der Waals surface area contributed by atoms with Crippen LogP contribution < -0.4 is 5.32 Å². The van der Waals surface area contributed by atoms with Gasteiger partial charge in [0.15, 0.2) is 0 Å². The van der Waals surface area contributed by atoms with E-state index in [0.717, 1.165) is 32.4 Å². The van der Waals surface area contributed by atoms with Crippen molar-refractivity contribution in [3.05, 3.63) is 29.3 Å². The van der Waals surface area contributed by atoms with Gasteiger partial charge in [-0.05, 0) is 44.4 Å². The summed E-state index contributed by atoms with van der Waals surface area (Å²) in [6.07, 6.45) is 2.87. The second-order valence-corrected chi connectivity index (χ2v) is 8.90. The summed E-state index contributed by atoms with van der Waals surface area (Å²) in [7, 11) is -3.54. The zero-order valence-corrected chi connectivity index (χ0v) is 15.8. The zero-order valence-electron chi connectivity index (χ0n) is 15.0. The monoisotopic (exact) mass is 365 g/mol. The minimum atomic E-state index is -3.54. The lowest BCUT2D eigenvalue weighted by Crippen LogP contribution is -2.52. The fourth-order valence-electron chi connectivity index (χ4n) is 3.56. The minimum absolute atomic E-state index is 0.0934. The van der Waals surface area contributed by atoms with Crippen LogP contribution in [0.1, 0.15) is 42.1 Å². The summed E-state index contributed by atoms with van der Waals surface area (Å²) in [5.41, 5.74) is 1.14. The molecule has 1 aromatic rings. The van der Waals surface area contributed by atoms with E-state index in [1.54, 1.807) is 29.4 Å². The summed E-state index contributed by atoms with van der Waals surface area (Å²) in [6, 6.07) is 5.15. The first kappa shape index (κ1) is 18.4. The Morgan fingerprint density at radius 3 is 2.56 bits per heavy atom. The quantitative estimate of drug-likeness (QED) is 0.883. The number of amides is 1. The van der Waals surface area contributed by atoms with Crippen LogP contribution in [-0.4, -0.2) is 62.3 Å². The van der Waals surface area contributed by atoms with E-state index in [2.05, 4.69) is 5.32 Å². The molecule has 2 aliphatic rings. The van der Waals surface area contributed by atoms with E-state index in [0.29, 0.717) is 30.8 Å². The van der Waals surface area contributed by atoms with E-state index >= 15 is 0 Å². The van der Waals surface area contributed by atoms with Crippen LogP contribution in [0.5, 0.6) is 0 Å². The number of nitrogens with zero attached hydrogens (tertiary/aromatic N) is 2. The van der Waals surface area contributed by atoms with E-state index in [9.17, 15) is 13.2 Å². The number of hydrogen-bond donors (Lipinski definition) is 1. The third-order valence-corrected chi connectivity index (χ3v) is 7.17. The highest BCUT2D eigenvalue weighted by Crippen LogP contribution is 2.25. The maximum Gasteiger partial charge on any atom is 0.254 e. The number of aryl methyl sites for hydroxylation is 1. The fraction of sp³-hybridized carbons (Fsp3) is 0.611. The van der Waals surface area contributed by atoms with Gasteiger partial charge in [0, 0.05) is 44.3 Å². The maximum absolute atomic E-state index is 13.0. The van der Waals surface area contributed by atoms with Crippen LogP contribution in [0, 0.1) is 6.92 Å². The highest BCUT2D eigenvalue weighted by molar-refractivity contribution is 7.89. The second-order valence-electron chi connectivity index (χ2n) is 7.00. The Hall–Kier alpha value is -1.44. The molecule has 0 saturated carbocycles. The van der Waals surface area contributed by atoms with Gasteiger partial charge in [-0.25, -0.2) is 8.42 Å². The van der Waals surface area contributed by atoms with Crippen LogP contribution in [0.2, 0.25) is 0 Å². The Balaban J connectivity index is 1.91. The molecular weight excluding hydrogens is 338 g/mol. The average Bonchev–Trinajstić information content (AvgIpc) is 2.62. The summed E-state index contributed by atoms with van der Waals surface area (Å²) in [5, 5.41) is 3.26. The molecule has 1 atom stereocenters. The molecule has 0 spiro atoms. The van der Waals surface area contributed by atoms with Crippen LogP contribution in [0.25, 0.3) is 0 Å². The highest BCUT2D eigenvalue weighted by atomic mass is 32.2. The fourth-order valence-corrected chi connectivity index (χ4v) is 5.33. The topological polar surface area (TPSA) is 69.7 Å². The van der Waals surface area contributed by atoms with E-state index in [1.807, 2.05) is 11.8 Å². The third kappa shape index (κ3) is 3.73. The van der Waals surface area contributed by atoms with Gasteiger partial charge >= 0.3 is 0 Å². The Morgan fingerprint density at radius 2 is 1.88 bits per heavy atom. The zero-order chi connectivity index (χ0) is 18.0. The standard InChI is InChI=1S/C18H27N3O3S/c1-14-6-7-16(18(22)21-11-8-19-13-15(21)2)12-17(14)25(23,24)20-9-4-3-5-10-20/h6-7,12,15,19H,3-5,8-11,13H2,1-2H3/t15-/m0/s1. The molecule has 0 unspecified atom stereocenters. The van der Waals surface area contributed by atoms with Gasteiger partial charge in [0.1, 0.15) is 0 Å². The first-order chi connectivity index (χ1) is 11.9. The number of benzene rings is 1. The van der Waals surface area contributed by atoms with E-state index in [-0.39, 0.29) is 16.8 Å². The largest absolute Gasteiger partial charge is 0.333 e. The molecule has 6 nitrogen and oxygen atoms in total. The molecule has 1 aromatic carbocycles. The molecule has 2 aliphatic heterocycles. The van der Waals surface area contributed by atoms with Crippen molar-refractivity contribution in [1.29, 1.82) is 0 Å². The van der Waals surface area contributed by atoms with Crippen LogP contribution in [-0.2, 0) is 10.0 Å². The number of piperidine rings is 1. The predicted octanol–water partition coefficient (Wildman–Crippen LogP) is 1.60. The van der Waals surface area contributed by atoms with Crippen molar-refractivity contribution < 1.29 is 13.2 Å². The van der Waals surface area contributed by atoms with E-state index < -0.39 is 10.0 Å². The van der Waals surface area contributed by atoms with Crippen LogP contribution in [0.3, 0.4) is 0 Å². The Labute approximate surface area is 150 Å². The molecule has 1 N–H and O–H groups in total. The lowest BCUT2D eigenvalue weighted by Gasteiger charge is -2.34. The minimum Gasteiger partial charge on any atom is -0.333 e.